The molecule has 1 unspecified atom stereocenters. The van der Waals surface area contributed by atoms with Gasteiger partial charge in [-0.1, -0.05) is 30.3 Å². The number of anilines is 1. The molecule has 1 aromatic carbocycles. The van der Waals surface area contributed by atoms with Gasteiger partial charge in [-0.2, -0.15) is 0 Å². The summed E-state index contributed by atoms with van der Waals surface area (Å²) in [7, 11) is 0. The molecule has 0 saturated heterocycles. The van der Waals surface area contributed by atoms with Crippen LogP contribution in [0.5, 0.6) is 0 Å². The van der Waals surface area contributed by atoms with Gasteiger partial charge in [0.05, 0.1) is 12.3 Å². The van der Waals surface area contributed by atoms with Crippen LogP contribution >= 0.6 is 0 Å². The van der Waals surface area contributed by atoms with E-state index in [0.717, 1.165) is 39.6 Å². The molecule has 26 heavy (non-hydrogen) atoms. The van der Waals surface area contributed by atoms with Crippen LogP contribution in [0.1, 0.15) is 31.1 Å². The van der Waals surface area contributed by atoms with Crippen molar-refractivity contribution >= 4 is 17.2 Å². The summed E-state index contributed by atoms with van der Waals surface area (Å²) < 4.78 is 6.41. The van der Waals surface area contributed by atoms with Gasteiger partial charge in [-0.15, -0.1) is 0 Å². The smallest absolute Gasteiger partial charge is 0.155 e. The number of hydrogen-bond acceptors (Lipinski definition) is 5. The molecule has 0 saturated carbocycles. The van der Waals surface area contributed by atoms with Gasteiger partial charge in [-0.05, 0) is 37.6 Å². The Morgan fingerprint density at radius 3 is 2.73 bits per heavy atom. The Balaban J connectivity index is 1.76. The minimum absolute atomic E-state index is 0.114. The van der Waals surface area contributed by atoms with Gasteiger partial charge < -0.3 is 10.5 Å². The first kappa shape index (κ1) is 16.3. The van der Waals surface area contributed by atoms with Gasteiger partial charge >= 0.3 is 0 Å². The summed E-state index contributed by atoms with van der Waals surface area (Å²) in [6.07, 6.45) is 3.63. The fourth-order valence-corrected chi connectivity index (χ4v) is 3.17. The minimum Gasteiger partial charge on any atom is -0.483 e. The van der Waals surface area contributed by atoms with E-state index in [0.29, 0.717) is 12.4 Å². The third kappa shape index (κ3) is 3.04. The Bertz CT molecular complexity index is 971. The number of ether oxygens (including phenoxy) is 1. The van der Waals surface area contributed by atoms with E-state index in [4.69, 9.17) is 15.5 Å². The maximum atomic E-state index is 6.41. The number of dihydropyridines is 1. The van der Waals surface area contributed by atoms with Crippen LogP contribution < -0.4 is 5.73 Å². The molecule has 0 radical (unpaired) electrons. The highest BCUT2D eigenvalue weighted by Crippen LogP contribution is 2.31. The summed E-state index contributed by atoms with van der Waals surface area (Å²) in [5.41, 5.74) is 11.6. The first-order valence-electron chi connectivity index (χ1n) is 8.60. The summed E-state index contributed by atoms with van der Waals surface area (Å²) in [6, 6.07) is 13.9. The summed E-state index contributed by atoms with van der Waals surface area (Å²) in [4.78, 5) is 13.4. The number of aromatic nitrogens is 1. The Morgan fingerprint density at radius 1 is 1.15 bits per heavy atom. The van der Waals surface area contributed by atoms with E-state index in [-0.39, 0.29) is 6.10 Å². The molecule has 5 nitrogen and oxygen atoms in total. The molecule has 5 heteroatoms. The zero-order valence-electron chi connectivity index (χ0n) is 14.8. The number of benzene rings is 1. The molecule has 2 aliphatic heterocycles. The van der Waals surface area contributed by atoms with Gasteiger partial charge in [0.25, 0.3) is 0 Å². The quantitative estimate of drug-likeness (QED) is 0.915. The van der Waals surface area contributed by atoms with E-state index in [1.165, 1.54) is 0 Å². The molecule has 2 aromatic rings. The molecule has 0 amide bonds. The van der Waals surface area contributed by atoms with Crippen molar-refractivity contribution in [2.24, 2.45) is 9.98 Å². The van der Waals surface area contributed by atoms with E-state index < -0.39 is 0 Å². The highest BCUT2D eigenvalue weighted by Gasteiger charge is 2.28. The number of nitrogens with zero attached hydrogens (tertiary/aromatic N) is 3. The van der Waals surface area contributed by atoms with Gasteiger partial charge in [0, 0.05) is 23.0 Å². The lowest BCUT2D eigenvalue weighted by atomic mass is 9.99. The Kier molecular flexibility index (Phi) is 4.13. The molecule has 0 aliphatic carbocycles. The maximum Gasteiger partial charge on any atom is 0.155 e. The van der Waals surface area contributed by atoms with Gasteiger partial charge in [0.15, 0.2) is 5.76 Å². The van der Waals surface area contributed by atoms with Crippen molar-refractivity contribution in [2.75, 3.05) is 12.3 Å². The highest BCUT2D eigenvalue weighted by molar-refractivity contribution is 6.22. The molecule has 0 spiro atoms. The monoisotopic (exact) mass is 344 g/mol. The van der Waals surface area contributed by atoms with Gasteiger partial charge in [0.2, 0.25) is 0 Å². The van der Waals surface area contributed by atoms with E-state index >= 15 is 0 Å². The second-order valence-electron chi connectivity index (χ2n) is 6.39. The average molecular weight is 344 g/mol. The van der Waals surface area contributed by atoms with Crippen LogP contribution in [0.2, 0.25) is 0 Å². The van der Waals surface area contributed by atoms with E-state index in [1.807, 2.05) is 44.2 Å². The van der Waals surface area contributed by atoms with Gasteiger partial charge in [-0.25, -0.2) is 4.98 Å². The Morgan fingerprint density at radius 2 is 1.96 bits per heavy atom. The third-order valence-electron chi connectivity index (χ3n) is 4.44. The molecule has 130 valence electrons. The summed E-state index contributed by atoms with van der Waals surface area (Å²) in [5, 5.41) is 0. The number of hydrogen-bond donors (Lipinski definition) is 1. The predicted octanol–water partition coefficient (Wildman–Crippen LogP) is 3.86. The number of nitrogen functional groups attached to an aromatic ring is 1. The molecule has 1 aromatic heterocycles. The van der Waals surface area contributed by atoms with Crippen molar-refractivity contribution in [2.45, 2.75) is 20.0 Å². The van der Waals surface area contributed by atoms with Crippen molar-refractivity contribution in [3.05, 3.63) is 82.9 Å². The SMILES string of the molecule is CC1=CC2=C(OC(C)c3ccccc3)C(c3ccnc(N)c3)=NCC2=N1. The van der Waals surface area contributed by atoms with Crippen molar-refractivity contribution in [1.82, 2.24) is 4.98 Å². The third-order valence-corrected chi connectivity index (χ3v) is 4.44. The van der Waals surface area contributed by atoms with Crippen LogP contribution in [0.3, 0.4) is 0 Å². The summed E-state index contributed by atoms with van der Waals surface area (Å²) in [6.45, 7) is 4.56. The highest BCUT2D eigenvalue weighted by atomic mass is 16.5. The Hall–Kier alpha value is -3.21. The van der Waals surface area contributed by atoms with Crippen LogP contribution in [0.15, 0.2) is 81.8 Å². The van der Waals surface area contributed by atoms with Crippen molar-refractivity contribution in [1.29, 1.82) is 0 Å². The molecular weight excluding hydrogens is 324 g/mol. The topological polar surface area (TPSA) is 72.9 Å². The van der Waals surface area contributed by atoms with Crippen LogP contribution in [0.25, 0.3) is 0 Å². The largest absolute Gasteiger partial charge is 0.483 e. The molecule has 2 aliphatic rings. The first-order chi connectivity index (χ1) is 12.6. The second kappa shape index (κ2) is 6.59. The summed E-state index contributed by atoms with van der Waals surface area (Å²) in [5.74, 6) is 1.21. The van der Waals surface area contributed by atoms with Crippen LogP contribution in [0.4, 0.5) is 5.82 Å². The lowest BCUT2D eigenvalue weighted by molar-refractivity contribution is 0.147. The standard InChI is InChI=1S/C21H20N4O/c1-13-10-17-18(25-13)12-24-20(16-8-9-23-19(22)11-16)21(17)26-14(2)15-6-4-3-5-7-15/h3-11,14H,12H2,1-2H3,(H2,22,23). The number of aliphatic imine (C=N–C) groups is 2. The van der Waals surface area contributed by atoms with Crippen molar-refractivity contribution in [3.63, 3.8) is 0 Å². The lowest BCUT2D eigenvalue weighted by Gasteiger charge is -2.24. The number of nitrogens with two attached hydrogens (primary N) is 1. The molecule has 2 N–H and O–H groups in total. The van der Waals surface area contributed by atoms with Crippen LogP contribution in [-0.2, 0) is 4.74 Å². The normalized spacial score (nSPS) is 17.2. The van der Waals surface area contributed by atoms with Gasteiger partial charge in [0.1, 0.15) is 17.6 Å². The molecule has 0 bridgehead atoms. The number of allylic oxidation sites excluding steroid dienone is 3. The average Bonchev–Trinajstić information content (AvgIpc) is 3.03. The number of fused-ring (bicyclic) bond motifs is 1. The van der Waals surface area contributed by atoms with E-state index in [1.54, 1.807) is 6.20 Å². The van der Waals surface area contributed by atoms with E-state index in [9.17, 15) is 0 Å². The lowest BCUT2D eigenvalue weighted by Crippen LogP contribution is -2.22. The zero-order valence-corrected chi connectivity index (χ0v) is 14.8. The summed E-state index contributed by atoms with van der Waals surface area (Å²) >= 11 is 0. The van der Waals surface area contributed by atoms with Crippen LogP contribution in [0, 0.1) is 0 Å². The number of pyridine rings is 1. The second-order valence-corrected chi connectivity index (χ2v) is 6.39. The fraction of sp³-hybridized carbons (Fsp3) is 0.190. The van der Waals surface area contributed by atoms with E-state index in [2.05, 4.69) is 28.2 Å². The molecule has 3 heterocycles. The maximum absolute atomic E-state index is 6.41. The van der Waals surface area contributed by atoms with Gasteiger partial charge in [-0.3, -0.25) is 9.98 Å². The number of rotatable bonds is 4. The first-order valence-corrected chi connectivity index (χ1v) is 8.60. The van der Waals surface area contributed by atoms with Crippen LogP contribution in [-0.4, -0.2) is 23.0 Å². The molecule has 4 rings (SSSR count). The predicted molar refractivity (Wildman–Crippen MR) is 104 cm³/mol. The molecular formula is C21H20N4O. The Labute approximate surface area is 152 Å². The molecule has 1 atom stereocenters. The van der Waals surface area contributed by atoms with Crippen molar-refractivity contribution < 1.29 is 4.74 Å². The zero-order chi connectivity index (χ0) is 18.1. The molecule has 0 fully saturated rings. The fourth-order valence-electron chi connectivity index (χ4n) is 3.17. The minimum atomic E-state index is -0.114. The van der Waals surface area contributed by atoms with Crippen molar-refractivity contribution in [3.8, 4) is 0 Å².